The fourth-order valence-electron chi connectivity index (χ4n) is 9.40. The van der Waals surface area contributed by atoms with Crippen molar-refractivity contribution in [1.29, 1.82) is 0 Å². The van der Waals surface area contributed by atoms with Crippen LogP contribution in [0.25, 0.3) is 0 Å². The molecule has 7 amide bonds. The maximum Gasteiger partial charge on any atom is 0.339 e. The summed E-state index contributed by atoms with van der Waals surface area (Å²) >= 11 is 1.88. The number of carbonyl (C=O) groups excluding carboxylic acids is 8. The Kier molecular flexibility index (Phi) is 24.1. The minimum absolute atomic E-state index is 0.0233. The summed E-state index contributed by atoms with van der Waals surface area (Å²) in [4.78, 5) is 104. The molecule has 6 rings (SSSR count). The molecule has 4 aromatic carbocycles. The first-order chi connectivity index (χ1) is 37.6. The van der Waals surface area contributed by atoms with Crippen LogP contribution in [0.1, 0.15) is 126 Å². The predicted octanol–water partition coefficient (Wildman–Crippen LogP) is 7.24. The molecule has 78 heavy (non-hydrogen) atoms. The maximum absolute atomic E-state index is 15.7. The van der Waals surface area contributed by atoms with E-state index in [-0.39, 0.29) is 73.1 Å². The Morgan fingerprint density at radius 2 is 1.35 bits per heavy atom. The van der Waals surface area contributed by atoms with E-state index in [2.05, 4.69) is 37.2 Å². The molecule has 0 unspecified atom stereocenters. The Balaban J connectivity index is 0.895. The van der Waals surface area contributed by atoms with Crippen molar-refractivity contribution in [2.75, 3.05) is 37.4 Å². The second-order valence-electron chi connectivity index (χ2n) is 20.0. The van der Waals surface area contributed by atoms with Gasteiger partial charge in [0.15, 0.2) is 12.4 Å². The molecule has 5 atom stereocenters. The van der Waals surface area contributed by atoms with Crippen LogP contribution in [0.5, 0.6) is 0 Å². The number of fused-ring (bicyclic) bond motifs is 1. The van der Waals surface area contributed by atoms with Crippen LogP contribution in [0.2, 0.25) is 0 Å². The largest absolute Gasteiger partial charge is 0.454 e. The van der Waals surface area contributed by atoms with Gasteiger partial charge in [-0.3, -0.25) is 28.8 Å². The molecule has 0 saturated carbocycles. The number of amides is 7. The summed E-state index contributed by atoms with van der Waals surface area (Å²) in [5.74, 6) is -3.40. The fourth-order valence-corrected chi connectivity index (χ4v) is 10.9. The number of unbranched alkanes of at least 4 members (excludes halogenated alkanes) is 5. The van der Waals surface area contributed by atoms with Gasteiger partial charge >= 0.3 is 12.0 Å². The van der Waals surface area contributed by atoms with Crippen LogP contribution in [-0.4, -0.2) is 109 Å². The number of Topliss-reactive ketones (excluding diaryl/α,β-unsaturated/α-hetero) is 1. The first-order valence-electron chi connectivity index (χ1n) is 27.0. The quantitative estimate of drug-likeness (QED) is 0.0146. The SMILES string of the molecule is Cc1cccc(C[C@H](NC(=O)c2ccc(NC(=O)CCCCCNC(=O)CCCCCNC(=O)CCCC[C@H]3SC[C@H]4NC(=O)N[C@H]43)cc2F)C(=O)N[C@@H](COCc2ccccc2)C(=O)COC(=O)c2c(C)cccc2C)c1. The highest BCUT2D eigenvalue weighted by Crippen LogP contribution is 2.33. The normalized spacial score (nSPS) is 16.2. The molecule has 7 N–H and O–H groups in total. The molecule has 0 bridgehead atoms. The Hall–Kier alpha value is -7.12. The number of benzene rings is 4. The third-order valence-corrected chi connectivity index (χ3v) is 15.2. The molecule has 2 saturated heterocycles. The van der Waals surface area contributed by atoms with Crippen LogP contribution in [0.15, 0.2) is 91.0 Å². The number of ether oxygens (including phenoxy) is 2. The zero-order valence-electron chi connectivity index (χ0n) is 44.9. The average molecular weight is 1090 g/mol. The third kappa shape index (κ3) is 19.7. The van der Waals surface area contributed by atoms with E-state index >= 15 is 4.39 Å². The molecular formula is C59H74FN7O10S. The second kappa shape index (κ2) is 31.3. The van der Waals surface area contributed by atoms with Crippen molar-refractivity contribution in [2.45, 2.75) is 140 Å². The van der Waals surface area contributed by atoms with Crippen LogP contribution in [-0.2, 0) is 46.5 Å². The van der Waals surface area contributed by atoms with Crippen molar-refractivity contribution in [3.8, 4) is 0 Å². The molecule has 418 valence electrons. The zero-order chi connectivity index (χ0) is 55.8. The number of ketones is 1. The van der Waals surface area contributed by atoms with E-state index in [1.54, 1.807) is 44.2 Å². The number of hydrogen-bond donors (Lipinski definition) is 7. The number of carbonyl (C=O) groups is 8. The second-order valence-corrected chi connectivity index (χ2v) is 21.3. The number of anilines is 1. The molecular weight excluding hydrogens is 1020 g/mol. The van der Waals surface area contributed by atoms with Gasteiger partial charge in [0, 0.05) is 55.5 Å². The van der Waals surface area contributed by atoms with Gasteiger partial charge in [-0.05, 0) is 99.7 Å². The molecule has 0 aromatic heterocycles. The van der Waals surface area contributed by atoms with Crippen LogP contribution < -0.4 is 37.2 Å². The molecule has 4 aromatic rings. The number of aryl methyl sites for hydroxylation is 3. The number of esters is 1. The summed E-state index contributed by atoms with van der Waals surface area (Å²) in [6.45, 7) is 5.59. The van der Waals surface area contributed by atoms with Crippen LogP contribution in [0.3, 0.4) is 0 Å². The zero-order valence-corrected chi connectivity index (χ0v) is 45.7. The van der Waals surface area contributed by atoms with E-state index in [1.807, 2.05) is 61.2 Å². The Morgan fingerprint density at radius 3 is 2.03 bits per heavy atom. The standard InChI is InChI=1S/C59H74FN7O10S/c1-38-17-15-22-42(31-38)32-46(57(73)65-47(35-76-34-41-20-7-4-8-21-41)49(68)36-77-58(74)54-39(2)18-16-19-40(54)3)64-56(72)44-28-27-43(33-45(44)60)63-53(71)26-10-6-14-30-61-51(69)24-9-5-13-29-62-52(70)25-12-11-23-50-55-48(37-78-50)66-59(75)67-55/h4,7-8,15-22,27-28,31,33,46-48,50,55H,5-6,9-14,23-26,29-30,32,34-37H2,1-3H3,(H,61,69)(H,62,70)(H,63,71)(H,64,72)(H,65,73)(H2,66,67,75)/t46-,47-,48+,50+,55+/m0/s1. The minimum atomic E-state index is -1.30. The molecule has 2 aliphatic heterocycles. The van der Waals surface area contributed by atoms with Gasteiger partial charge in [-0.1, -0.05) is 97.6 Å². The highest BCUT2D eigenvalue weighted by molar-refractivity contribution is 8.00. The summed E-state index contributed by atoms with van der Waals surface area (Å²) in [5.41, 5.74) is 3.84. The summed E-state index contributed by atoms with van der Waals surface area (Å²) in [5, 5.41) is 20.2. The molecule has 19 heteroatoms. The molecule has 2 heterocycles. The Labute approximate surface area is 460 Å². The van der Waals surface area contributed by atoms with Crippen molar-refractivity contribution in [3.63, 3.8) is 0 Å². The number of hydrogen-bond acceptors (Lipinski definition) is 11. The Bertz CT molecular complexity index is 2690. The molecule has 0 aliphatic carbocycles. The predicted molar refractivity (Wildman–Crippen MR) is 297 cm³/mol. The van der Waals surface area contributed by atoms with Gasteiger partial charge in [-0.25, -0.2) is 14.0 Å². The number of thioether (sulfide) groups is 1. The van der Waals surface area contributed by atoms with E-state index in [0.717, 1.165) is 55.1 Å². The first kappa shape index (κ1) is 60.1. The third-order valence-electron chi connectivity index (χ3n) is 13.7. The molecule has 0 spiro atoms. The monoisotopic (exact) mass is 1090 g/mol. The van der Waals surface area contributed by atoms with Gasteiger partial charge in [0.05, 0.1) is 36.4 Å². The molecule has 2 fully saturated rings. The minimum Gasteiger partial charge on any atom is -0.454 e. The summed E-state index contributed by atoms with van der Waals surface area (Å²) < 4.78 is 27.0. The van der Waals surface area contributed by atoms with Crippen molar-refractivity contribution in [3.05, 3.63) is 136 Å². The lowest BCUT2D eigenvalue weighted by Gasteiger charge is -2.23. The van der Waals surface area contributed by atoms with Crippen molar-refractivity contribution >= 4 is 64.8 Å². The van der Waals surface area contributed by atoms with Crippen LogP contribution in [0, 0.1) is 26.6 Å². The number of rotatable bonds is 32. The lowest BCUT2D eigenvalue weighted by Crippen LogP contribution is -2.54. The fraction of sp³-hybridized carbons (Fsp3) is 0.458. The number of nitrogens with one attached hydrogen (secondary N) is 7. The highest BCUT2D eigenvalue weighted by Gasteiger charge is 2.42. The summed E-state index contributed by atoms with van der Waals surface area (Å²) in [6, 6.07) is 23.1. The molecule has 0 radical (unpaired) electrons. The van der Waals surface area contributed by atoms with Gasteiger partial charge < -0.3 is 46.7 Å². The Morgan fingerprint density at radius 1 is 0.692 bits per heavy atom. The van der Waals surface area contributed by atoms with Gasteiger partial charge in [-0.2, -0.15) is 11.8 Å². The number of halogens is 1. The molecule has 2 aliphatic rings. The topological polar surface area (TPSA) is 239 Å². The van der Waals surface area contributed by atoms with Crippen molar-refractivity contribution in [1.82, 2.24) is 31.9 Å². The molecule has 17 nitrogen and oxygen atoms in total. The van der Waals surface area contributed by atoms with Gasteiger partial charge in [0.25, 0.3) is 5.91 Å². The lowest BCUT2D eigenvalue weighted by atomic mass is 10.0. The van der Waals surface area contributed by atoms with E-state index < -0.39 is 48.1 Å². The summed E-state index contributed by atoms with van der Waals surface area (Å²) in [7, 11) is 0. The first-order valence-corrected chi connectivity index (χ1v) is 28.0. The number of urea groups is 1. The van der Waals surface area contributed by atoms with Gasteiger partial charge in [0.2, 0.25) is 23.6 Å². The van der Waals surface area contributed by atoms with E-state index in [4.69, 9.17) is 9.47 Å². The van der Waals surface area contributed by atoms with Crippen molar-refractivity contribution in [2.24, 2.45) is 0 Å². The van der Waals surface area contributed by atoms with Crippen molar-refractivity contribution < 1.29 is 52.2 Å². The maximum atomic E-state index is 15.7. The summed E-state index contributed by atoms with van der Waals surface area (Å²) in [6.07, 6.45) is 7.89. The lowest BCUT2D eigenvalue weighted by molar-refractivity contribution is -0.132. The smallest absolute Gasteiger partial charge is 0.339 e. The average Bonchev–Trinajstić information content (AvgIpc) is 3.99. The van der Waals surface area contributed by atoms with E-state index in [0.29, 0.717) is 79.1 Å². The van der Waals surface area contributed by atoms with E-state index in [9.17, 15) is 38.4 Å². The van der Waals surface area contributed by atoms with Crippen LogP contribution >= 0.6 is 11.8 Å². The van der Waals surface area contributed by atoms with Crippen LogP contribution in [0.4, 0.5) is 14.9 Å². The highest BCUT2D eigenvalue weighted by atomic mass is 32.2. The van der Waals surface area contributed by atoms with E-state index in [1.165, 1.54) is 12.1 Å². The van der Waals surface area contributed by atoms with Gasteiger partial charge in [0.1, 0.15) is 17.9 Å². The van der Waals surface area contributed by atoms with Gasteiger partial charge in [-0.15, -0.1) is 0 Å².